The molecule has 0 aliphatic rings. The molecular weight excluding hydrogens is 420 g/mol. The van der Waals surface area contributed by atoms with Crippen LogP contribution in [-0.2, 0) is 16.4 Å². The van der Waals surface area contributed by atoms with Gasteiger partial charge in [-0.25, -0.2) is 17.8 Å². The Morgan fingerprint density at radius 1 is 1.18 bits per heavy atom. The van der Waals surface area contributed by atoms with Gasteiger partial charge >= 0.3 is 0 Å². The average molecular weight is 443 g/mol. The highest BCUT2D eigenvalue weighted by atomic mass is 127. The van der Waals surface area contributed by atoms with Crippen LogP contribution in [0.2, 0.25) is 0 Å². The van der Waals surface area contributed by atoms with Crippen LogP contribution < -0.4 is 10.6 Å². The molecule has 0 saturated carbocycles. The molecular formula is C14H23FIN3O2S. The summed E-state index contributed by atoms with van der Waals surface area (Å²) in [5.41, 5.74) is 0.884. The molecule has 8 heteroatoms. The second-order valence-electron chi connectivity index (χ2n) is 4.48. The Hall–Kier alpha value is -0.900. The molecule has 22 heavy (non-hydrogen) atoms. The maximum Gasteiger partial charge on any atom is 0.191 e. The Morgan fingerprint density at radius 3 is 2.36 bits per heavy atom. The third-order valence-electron chi connectivity index (χ3n) is 2.82. The molecule has 0 heterocycles. The number of nitrogens with zero attached hydrogens (tertiary/aromatic N) is 1. The van der Waals surface area contributed by atoms with E-state index in [2.05, 4.69) is 15.6 Å². The van der Waals surface area contributed by atoms with Crippen molar-refractivity contribution >= 4 is 39.8 Å². The molecule has 2 N–H and O–H groups in total. The standard InChI is InChI=1S/C14H22FN3O2S.HI/c1-3-16-14(17-9-10-21(19,20)4-2)18-11-12-5-7-13(15)8-6-12;/h5-8H,3-4,9-11H2,1-2H3,(H2,16,17,18);1H. The van der Waals surface area contributed by atoms with E-state index in [0.29, 0.717) is 25.6 Å². The fraction of sp³-hybridized carbons (Fsp3) is 0.500. The predicted molar refractivity (Wildman–Crippen MR) is 99.0 cm³/mol. The van der Waals surface area contributed by atoms with Crippen LogP contribution >= 0.6 is 24.0 Å². The van der Waals surface area contributed by atoms with E-state index < -0.39 is 9.84 Å². The van der Waals surface area contributed by atoms with Crippen LogP contribution in [0.4, 0.5) is 4.39 Å². The van der Waals surface area contributed by atoms with Crippen molar-refractivity contribution in [2.75, 3.05) is 24.6 Å². The number of aliphatic imine (C=N–C) groups is 1. The second kappa shape index (κ2) is 10.8. The van der Waals surface area contributed by atoms with Crippen molar-refractivity contribution in [1.29, 1.82) is 0 Å². The Morgan fingerprint density at radius 2 is 1.82 bits per heavy atom. The topological polar surface area (TPSA) is 70.6 Å². The molecule has 1 aromatic carbocycles. The van der Waals surface area contributed by atoms with Crippen molar-refractivity contribution in [3.8, 4) is 0 Å². The molecule has 0 fully saturated rings. The largest absolute Gasteiger partial charge is 0.357 e. The van der Waals surface area contributed by atoms with Crippen molar-refractivity contribution in [3.05, 3.63) is 35.6 Å². The molecule has 0 radical (unpaired) electrons. The Balaban J connectivity index is 0.00000441. The van der Waals surface area contributed by atoms with Crippen LogP contribution in [0.1, 0.15) is 19.4 Å². The molecule has 0 amide bonds. The summed E-state index contributed by atoms with van der Waals surface area (Å²) >= 11 is 0. The monoisotopic (exact) mass is 443 g/mol. The lowest BCUT2D eigenvalue weighted by molar-refractivity contribution is 0.595. The molecule has 0 aliphatic heterocycles. The van der Waals surface area contributed by atoms with Crippen molar-refractivity contribution in [3.63, 3.8) is 0 Å². The van der Waals surface area contributed by atoms with Crippen molar-refractivity contribution in [1.82, 2.24) is 10.6 Å². The Bertz CT molecular complexity index is 562. The van der Waals surface area contributed by atoms with Gasteiger partial charge in [-0.2, -0.15) is 0 Å². The lowest BCUT2D eigenvalue weighted by Crippen LogP contribution is -2.39. The summed E-state index contributed by atoms with van der Waals surface area (Å²) in [7, 11) is -2.99. The minimum Gasteiger partial charge on any atom is -0.357 e. The predicted octanol–water partition coefficient (Wildman–Crippen LogP) is 1.93. The number of nitrogens with one attached hydrogen (secondary N) is 2. The van der Waals surface area contributed by atoms with Gasteiger partial charge in [0.1, 0.15) is 5.82 Å². The third kappa shape index (κ3) is 8.52. The zero-order valence-electron chi connectivity index (χ0n) is 12.8. The molecule has 0 saturated heterocycles. The van der Waals surface area contributed by atoms with Crippen molar-refractivity contribution in [2.45, 2.75) is 20.4 Å². The van der Waals surface area contributed by atoms with Gasteiger partial charge in [-0.1, -0.05) is 19.1 Å². The number of sulfone groups is 1. The fourth-order valence-corrected chi connectivity index (χ4v) is 2.27. The first-order valence-electron chi connectivity index (χ1n) is 6.94. The normalized spacial score (nSPS) is 11.7. The first kappa shape index (κ1) is 21.1. The van der Waals surface area contributed by atoms with Crippen LogP contribution in [-0.4, -0.2) is 39.0 Å². The lowest BCUT2D eigenvalue weighted by atomic mass is 10.2. The number of hydrogen-bond acceptors (Lipinski definition) is 3. The highest BCUT2D eigenvalue weighted by Crippen LogP contribution is 2.03. The van der Waals surface area contributed by atoms with Crippen molar-refractivity contribution < 1.29 is 12.8 Å². The van der Waals surface area contributed by atoms with E-state index in [1.165, 1.54) is 12.1 Å². The molecule has 126 valence electrons. The minimum atomic E-state index is -2.99. The number of halogens is 2. The van der Waals surface area contributed by atoms with Gasteiger partial charge in [0.2, 0.25) is 0 Å². The molecule has 0 unspecified atom stereocenters. The van der Waals surface area contributed by atoms with E-state index in [-0.39, 0.29) is 41.3 Å². The maximum absolute atomic E-state index is 12.8. The van der Waals surface area contributed by atoms with Crippen LogP contribution in [0, 0.1) is 5.82 Å². The van der Waals surface area contributed by atoms with E-state index in [1.807, 2.05) is 6.92 Å². The number of rotatable bonds is 7. The summed E-state index contributed by atoms with van der Waals surface area (Å²) in [6.07, 6.45) is 0. The second-order valence-corrected chi connectivity index (χ2v) is 6.96. The SMILES string of the molecule is CCNC(=NCc1ccc(F)cc1)NCCS(=O)(=O)CC.I. The van der Waals surface area contributed by atoms with Gasteiger partial charge in [0, 0.05) is 18.8 Å². The van der Waals surface area contributed by atoms with Crippen LogP contribution in [0.25, 0.3) is 0 Å². The van der Waals surface area contributed by atoms with Gasteiger partial charge in [-0.05, 0) is 24.6 Å². The summed E-state index contributed by atoms with van der Waals surface area (Å²) in [5.74, 6) is 0.480. The summed E-state index contributed by atoms with van der Waals surface area (Å²) in [6, 6.07) is 6.12. The summed E-state index contributed by atoms with van der Waals surface area (Å²) in [5, 5.41) is 6.02. The van der Waals surface area contributed by atoms with Crippen LogP contribution in [0.5, 0.6) is 0 Å². The average Bonchev–Trinajstić information content (AvgIpc) is 2.46. The van der Waals surface area contributed by atoms with Gasteiger partial charge < -0.3 is 10.6 Å². The van der Waals surface area contributed by atoms with Gasteiger partial charge in [0.25, 0.3) is 0 Å². The minimum absolute atomic E-state index is 0. The first-order valence-corrected chi connectivity index (χ1v) is 8.76. The fourth-order valence-electron chi connectivity index (χ4n) is 1.57. The smallest absolute Gasteiger partial charge is 0.191 e. The maximum atomic E-state index is 12.8. The number of guanidine groups is 1. The molecule has 1 aromatic rings. The number of hydrogen-bond donors (Lipinski definition) is 2. The van der Waals surface area contributed by atoms with E-state index in [0.717, 1.165) is 5.56 Å². The van der Waals surface area contributed by atoms with E-state index in [1.54, 1.807) is 19.1 Å². The summed E-state index contributed by atoms with van der Waals surface area (Å²) in [6.45, 7) is 4.94. The zero-order chi connectivity index (χ0) is 15.7. The Kier molecular flexibility index (Phi) is 10.3. The van der Waals surface area contributed by atoms with E-state index in [4.69, 9.17) is 0 Å². The molecule has 0 bridgehead atoms. The van der Waals surface area contributed by atoms with Crippen LogP contribution in [0.3, 0.4) is 0 Å². The molecule has 5 nitrogen and oxygen atoms in total. The summed E-state index contributed by atoms with van der Waals surface area (Å²) < 4.78 is 35.6. The summed E-state index contributed by atoms with van der Waals surface area (Å²) in [4.78, 5) is 4.34. The van der Waals surface area contributed by atoms with Gasteiger partial charge in [-0.3, -0.25) is 0 Å². The van der Waals surface area contributed by atoms with E-state index in [9.17, 15) is 12.8 Å². The molecule has 0 aliphatic carbocycles. The van der Waals surface area contributed by atoms with Gasteiger partial charge in [0.15, 0.2) is 15.8 Å². The molecule has 0 spiro atoms. The highest BCUT2D eigenvalue weighted by molar-refractivity contribution is 14.0. The lowest BCUT2D eigenvalue weighted by Gasteiger charge is -2.11. The Labute approximate surface area is 148 Å². The quantitative estimate of drug-likeness (QED) is 0.384. The zero-order valence-corrected chi connectivity index (χ0v) is 15.9. The highest BCUT2D eigenvalue weighted by Gasteiger charge is 2.07. The molecule has 0 atom stereocenters. The van der Waals surface area contributed by atoms with Crippen molar-refractivity contribution in [2.24, 2.45) is 4.99 Å². The van der Waals surface area contributed by atoms with E-state index >= 15 is 0 Å². The third-order valence-corrected chi connectivity index (χ3v) is 4.53. The van der Waals surface area contributed by atoms with Crippen LogP contribution in [0.15, 0.2) is 29.3 Å². The number of benzene rings is 1. The van der Waals surface area contributed by atoms with Gasteiger partial charge in [-0.15, -0.1) is 24.0 Å². The first-order chi connectivity index (χ1) is 9.96. The molecule has 1 rings (SSSR count). The van der Waals surface area contributed by atoms with Gasteiger partial charge in [0.05, 0.1) is 12.3 Å². The molecule has 0 aromatic heterocycles.